The molecule has 1 saturated heterocycles. The second kappa shape index (κ2) is 6.75. The smallest absolute Gasteiger partial charge is 0.123 e. The Bertz CT molecular complexity index is 451. The Kier molecular flexibility index (Phi) is 4.76. The summed E-state index contributed by atoms with van der Waals surface area (Å²) < 4.78 is 18.4. The van der Waals surface area contributed by atoms with Crippen molar-refractivity contribution in [1.29, 1.82) is 0 Å². The molecule has 3 rings (SSSR count). The van der Waals surface area contributed by atoms with E-state index in [1.165, 1.54) is 37.9 Å². The van der Waals surface area contributed by atoms with E-state index in [1.807, 2.05) is 0 Å². The van der Waals surface area contributed by atoms with Crippen LogP contribution in [0.2, 0.25) is 0 Å². The highest BCUT2D eigenvalue weighted by molar-refractivity contribution is 5.21. The second-order valence-electron chi connectivity index (χ2n) is 6.43. The largest absolute Gasteiger partial charge is 0.494 e. The van der Waals surface area contributed by atoms with Crippen LogP contribution in [0.3, 0.4) is 0 Å². The zero-order valence-electron chi connectivity index (χ0n) is 12.5. The number of fused-ring (bicyclic) bond motifs is 1. The van der Waals surface area contributed by atoms with Gasteiger partial charge in [-0.05, 0) is 55.4 Å². The van der Waals surface area contributed by atoms with Gasteiger partial charge in [0.2, 0.25) is 0 Å². The van der Waals surface area contributed by atoms with Gasteiger partial charge in [-0.2, -0.15) is 0 Å². The number of ether oxygens (including phenoxy) is 1. The van der Waals surface area contributed by atoms with E-state index < -0.39 is 0 Å². The highest BCUT2D eigenvalue weighted by atomic mass is 19.1. The van der Waals surface area contributed by atoms with Crippen LogP contribution in [-0.4, -0.2) is 37.2 Å². The summed E-state index contributed by atoms with van der Waals surface area (Å²) in [7, 11) is 0. The van der Waals surface area contributed by atoms with Gasteiger partial charge in [0.05, 0.1) is 6.61 Å². The molecule has 0 radical (unpaired) electrons. The molecule has 1 aliphatic heterocycles. The molecule has 1 saturated carbocycles. The molecule has 4 heteroatoms. The molecule has 2 aliphatic rings. The predicted molar refractivity (Wildman–Crippen MR) is 81.8 cm³/mol. The van der Waals surface area contributed by atoms with Crippen LogP contribution >= 0.6 is 0 Å². The predicted octanol–water partition coefficient (Wildman–Crippen LogP) is 2.65. The normalized spacial score (nSPS) is 29.3. The molecule has 0 bridgehead atoms. The number of hydrogen-bond donors (Lipinski definition) is 1. The van der Waals surface area contributed by atoms with Crippen LogP contribution in [0, 0.1) is 17.7 Å². The van der Waals surface area contributed by atoms with Crippen LogP contribution < -0.4 is 10.5 Å². The minimum atomic E-state index is -0.224. The van der Waals surface area contributed by atoms with Gasteiger partial charge in [0.15, 0.2) is 0 Å². The van der Waals surface area contributed by atoms with E-state index in [0.29, 0.717) is 18.6 Å². The number of nitrogens with zero attached hydrogens (tertiary/aromatic N) is 1. The maximum absolute atomic E-state index is 12.8. The summed E-state index contributed by atoms with van der Waals surface area (Å²) in [6, 6.07) is 6.63. The number of benzene rings is 1. The standard InChI is InChI=1S/C17H25FN2O/c18-14-5-7-15(8-6-14)21-10-2-9-20-11-13-3-1-4-17(19)16(13)12-20/h5-8,13,16-17H,1-4,9-12,19H2. The van der Waals surface area contributed by atoms with Gasteiger partial charge in [0.1, 0.15) is 11.6 Å². The summed E-state index contributed by atoms with van der Waals surface area (Å²) in [5.41, 5.74) is 6.24. The molecule has 2 N–H and O–H groups in total. The minimum Gasteiger partial charge on any atom is -0.494 e. The van der Waals surface area contributed by atoms with Crippen LogP contribution in [0.4, 0.5) is 4.39 Å². The summed E-state index contributed by atoms with van der Waals surface area (Å²) >= 11 is 0. The van der Waals surface area contributed by atoms with Gasteiger partial charge < -0.3 is 15.4 Å². The van der Waals surface area contributed by atoms with E-state index in [1.54, 1.807) is 12.1 Å². The lowest BCUT2D eigenvalue weighted by Gasteiger charge is -2.29. The first-order valence-electron chi connectivity index (χ1n) is 8.08. The fourth-order valence-corrected chi connectivity index (χ4v) is 3.80. The van der Waals surface area contributed by atoms with Crippen molar-refractivity contribution in [2.45, 2.75) is 31.7 Å². The van der Waals surface area contributed by atoms with Crippen LogP contribution in [0.1, 0.15) is 25.7 Å². The van der Waals surface area contributed by atoms with Crippen LogP contribution in [0.15, 0.2) is 24.3 Å². The van der Waals surface area contributed by atoms with Gasteiger partial charge in [0, 0.05) is 25.7 Å². The van der Waals surface area contributed by atoms with Crippen molar-refractivity contribution >= 4 is 0 Å². The highest BCUT2D eigenvalue weighted by Gasteiger charge is 2.38. The molecular formula is C17H25FN2O. The summed E-state index contributed by atoms with van der Waals surface area (Å²) in [4.78, 5) is 2.54. The zero-order chi connectivity index (χ0) is 14.7. The monoisotopic (exact) mass is 292 g/mol. The maximum atomic E-state index is 12.8. The number of rotatable bonds is 5. The van der Waals surface area contributed by atoms with Crippen molar-refractivity contribution < 1.29 is 9.13 Å². The van der Waals surface area contributed by atoms with Crippen LogP contribution in [-0.2, 0) is 0 Å². The van der Waals surface area contributed by atoms with Crippen molar-refractivity contribution in [3.8, 4) is 5.75 Å². The number of hydrogen-bond acceptors (Lipinski definition) is 3. The van der Waals surface area contributed by atoms with Gasteiger partial charge in [-0.15, -0.1) is 0 Å². The molecule has 2 fully saturated rings. The van der Waals surface area contributed by atoms with Gasteiger partial charge >= 0.3 is 0 Å². The number of halogens is 1. The molecule has 1 aliphatic carbocycles. The average molecular weight is 292 g/mol. The molecule has 3 unspecified atom stereocenters. The fourth-order valence-electron chi connectivity index (χ4n) is 3.80. The van der Waals surface area contributed by atoms with Gasteiger partial charge in [-0.25, -0.2) is 4.39 Å². The maximum Gasteiger partial charge on any atom is 0.123 e. The van der Waals surface area contributed by atoms with Crippen molar-refractivity contribution in [3.05, 3.63) is 30.1 Å². The van der Waals surface area contributed by atoms with Gasteiger partial charge in [-0.3, -0.25) is 0 Å². The molecule has 116 valence electrons. The van der Waals surface area contributed by atoms with E-state index in [9.17, 15) is 4.39 Å². The quantitative estimate of drug-likeness (QED) is 0.848. The summed E-state index contributed by atoms with van der Waals surface area (Å²) in [5, 5.41) is 0. The lowest BCUT2D eigenvalue weighted by Crippen LogP contribution is -2.38. The molecule has 1 aromatic rings. The van der Waals surface area contributed by atoms with E-state index in [0.717, 1.165) is 31.2 Å². The first kappa shape index (κ1) is 14.8. The summed E-state index contributed by atoms with van der Waals surface area (Å²) in [6.45, 7) is 4.11. The Morgan fingerprint density at radius 3 is 2.76 bits per heavy atom. The van der Waals surface area contributed by atoms with E-state index in [2.05, 4.69) is 4.90 Å². The molecular weight excluding hydrogens is 267 g/mol. The zero-order valence-corrected chi connectivity index (χ0v) is 12.5. The molecule has 0 aromatic heterocycles. The van der Waals surface area contributed by atoms with Crippen molar-refractivity contribution in [3.63, 3.8) is 0 Å². The summed E-state index contributed by atoms with van der Waals surface area (Å²) in [6.07, 6.45) is 4.85. The summed E-state index contributed by atoms with van der Waals surface area (Å²) in [5.74, 6) is 2.04. The first-order chi connectivity index (χ1) is 10.2. The van der Waals surface area contributed by atoms with Crippen LogP contribution in [0.5, 0.6) is 5.75 Å². The van der Waals surface area contributed by atoms with Gasteiger partial charge in [-0.1, -0.05) is 6.42 Å². The first-order valence-corrected chi connectivity index (χ1v) is 8.08. The third kappa shape index (κ3) is 3.74. The molecule has 1 aromatic carbocycles. The topological polar surface area (TPSA) is 38.5 Å². The molecule has 1 heterocycles. The van der Waals surface area contributed by atoms with Crippen LogP contribution in [0.25, 0.3) is 0 Å². The Morgan fingerprint density at radius 1 is 1.19 bits per heavy atom. The second-order valence-corrected chi connectivity index (χ2v) is 6.43. The average Bonchev–Trinajstić information content (AvgIpc) is 2.90. The van der Waals surface area contributed by atoms with Crippen molar-refractivity contribution in [1.82, 2.24) is 4.90 Å². The van der Waals surface area contributed by atoms with Crippen molar-refractivity contribution in [2.24, 2.45) is 17.6 Å². The van der Waals surface area contributed by atoms with Gasteiger partial charge in [0.25, 0.3) is 0 Å². The van der Waals surface area contributed by atoms with E-state index >= 15 is 0 Å². The minimum absolute atomic E-state index is 0.224. The number of nitrogens with two attached hydrogens (primary N) is 1. The highest BCUT2D eigenvalue weighted by Crippen LogP contribution is 2.35. The SMILES string of the molecule is NC1CCCC2CN(CCCOc3ccc(F)cc3)CC12. The lowest BCUT2D eigenvalue weighted by molar-refractivity contribution is 0.253. The lowest BCUT2D eigenvalue weighted by atomic mass is 9.78. The third-order valence-electron chi connectivity index (χ3n) is 4.93. The molecule has 3 nitrogen and oxygen atoms in total. The molecule has 0 spiro atoms. The van der Waals surface area contributed by atoms with E-state index in [4.69, 9.17) is 10.5 Å². The van der Waals surface area contributed by atoms with E-state index in [-0.39, 0.29) is 5.82 Å². The molecule has 0 amide bonds. The third-order valence-corrected chi connectivity index (χ3v) is 4.93. The molecule has 21 heavy (non-hydrogen) atoms. The Balaban J connectivity index is 1.37. The Labute approximate surface area is 126 Å². The fraction of sp³-hybridized carbons (Fsp3) is 0.647. The Morgan fingerprint density at radius 2 is 2.00 bits per heavy atom. The molecule has 3 atom stereocenters. The number of likely N-dealkylation sites (tertiary alicyclic amines) is 1. The van der Waals surface area contributed by atoms with Crippen molar-refractivity contribution in [2.75, 3.05) is 26.2 Å². The Hall–Kier alpha value is -1.13.